The maximum atomic E-state index is 2.43. The van der Waals surface area contributed by atoms with Crippen molar-refractivity contribution in [3.63, 3.8) is 0 Å². The summed E-state index contributed by atoms with van der Waals surface area (Å²) in [5, 5.41) is 13.2. The van der Waals surface area contributed by atoms with Crippen molar-refractivity contribution in [1.82, 2.24) is 13.7 Å². The highest BCUT2D eigenvalue weighted by atomic mass is 31.2. The van der Waals surface area contributed by atoms with Gasteiger partial charge in [-0.2, -0.15) is 0 Å². The Bertz CT molecular complexity index is 3640. The Morgan fingerprint density at radius 3 is 0.701 bits per heavy atom. The van der Waals surface area contributed by atoms with E-state index in [9.17, 15) is 0 Å². The molecule has 0 aliphatic heterocycles. The fourth-order valence-corrected chi connectivity index (χ4v) is 16.8. The number of fused-ring (bicyclic) bond motifs is 9. The maximum absolute atomic E-state index is 2.43. The number of nitrogens with zero attached hydrogens (tertiary/aromatic N) is 3. The average Bonchev–Trinajstić information content (AvgIpc) is 4.04. The zero-order valence-corrected chi connectivity index (χ0v) is 38.8. The molecular formula is C62H45N3P2. The van der Waals surface area contributed by atoms with Gasteiger partial charge in [-0.15, -0.1) is 0 Å². The topological polar surface area (TPSA) is 14.8 Å². The Morgan fingerprint density at radius 2 is 0.463 bits per heavy atom. The van der Waals surface area contributed by atoms with Crippen molar-refractivity contribution < 1.29 is 0 Å². The molecule has 0 spiro atoms. The average molecular weight is 894 g/mol. The Kier molecular flexibility index (Phi) is 9.75. The van der Waals surface area contributed by atoms with E-state index in [1.165, 1.54) is 109 Å². The van der Waals surface area contributed by atoms with E-state index < -0.39 is 15.8 Å². The molecule has 13 rings (SSSR count). The van der Waals surface area contributed by atoms with Crippen molar-refractivity contribution in [2.75, 3.05) is 5.90 Å². The summed E-state index contributed by atoms with van der Waals surface area (Å²) in [6.07, 6.45) is 0. The molecule has 67 heavy (non-hydrogen) atoms. The van der Waals surface area contributed by atoms with Gasteiger partial charge in [-0.3, -0.25) is 0 Å². The Morgan fingerprint density at radius 1 is 0.254 bits per heavy atom. The van der Waals surface area contributed by atoms with Gasteiger partial charge in [0.2, 0.25) is 0 Å². The third-order valence-corrected chi connectivity index (χ3v) is 19.6. The van der Waals surface area contributed by atoms with Crippen molar-refractivity contribution in [1.29, 1.82) is 0 Å². The Hall–Kier alpha value is -7.54. The normalized spacial score (nSPS) is 12.4. The van der Waals surface area contributed by atoms with Crippen molar-refractivity contribution in [3.8, 4) is 17.1 Å². The summed E-state index contributed by atoms with van der Waals surface area (Å²) < 4.78 is 7.27. The molecule has 10 aromatic carbocycles. The van der Waals surface area contributed by atoms with Gasteiger partial charge in [0.05, 0.1) is 33.1 Å². The van der Waals surface area contributed by atoms with E-state index in [0.29, 0.717) is 0 Å². The summed E-state index contributed by atoms with van der Waals surface area (Å²) in [5.74, 6) is 1.02. The first-order valence-electron chi connectivity index (χ1n) is 23.0. The molecule has 3 nitrogen and oxygen atoms in total. The Labute approximate surface area is 392 Å². The van der Waals surface area contributed by atoms with E-state index in [2.05, 4.69) is 263 Å². The Balaban J connectivity index is 0.941. The summed E-state index contributed by atoms with van der Waals surface area (Å²) in [6, 6.07) is 90.6. The molecule has 318 valence electrons. The zero-order chi connectivity index (χ0) is 44.4. The third-order valence-electron chi connectivity index (χ3n) is 13.6. The second kappa shape index (κ2) is 16.4. The molecule has 0 saturated carbocycles. The minimum Gasteiger partial charge on any atom is -0.309 e. The molecule has 0 radical (unpaired) electrons. The first-order chi connectivity index (χ1) is 33.2. The molecule has 5 heteroatoms. The fourth-order valence-electron chi connectivity index (χ4n) is 10.4. The number of aryl methyl sites for hydroxylation is 1. The van der Waals surface area contributed by atoms with E-state index in [0.717, 1.165) is 5.90 Å². The van der Waals surface area contributed by atoms with Crippen molar-refractivity contribution in [3.05, 3.63) is 248 Å². The van der Waals surface area contributed by atoms with Gasteiger partial charge in [-0.1, -0.05) is 175 Å². The van der Waals surface area contributed by atoms with E-state index >= 15 is 0 Å². The molecule has 0 fully saturated rings. The van der Waals surface area contributed by atoms with Gasteiger partial charge in [-0.25, -0.2) is 0 Å². The molecular weight excluding hydrogens is 849 g/mol. The summed E-state index contributed by atoms with van der Waals surface area (Å²) in [7, 11) is -1.57. The molecule has 3 heterocycles. The number of benzene rings is 10. The van der Waals surface area contributed by atoms with Crippen molar-refractivity contribution in [2.24, 2.45) is 0 Å². The lowest BCUT2D eigenvalue weighted by Gasteiger charge is -2.27. The minimum atomic E-state index is -0.809. The van der Waals surface area contributed by atoms with Crippen molar-refractivity contribution >= 4 is 102 Å². The molecule has 1 atom stereocenters. The van der Waals surface area contributed by atoms with Crippen LogP contribution >= 0.6 is 15.8 Å². The molecule has 0 aliphatic carbocycles. The zero-order valence-electron chi connectivity index (χ0n) is 37.0. The van der Waals surface area contributed by atoms with Gasteiger partial charge in [0.1, 0.15) is 0 Å². The number of rotatable bonds is 9. The van der Waals surface area contributed by atoms with Crippen molar-refractivity contribution in [2.45, 2.75) is 6.92 Å². The fraction of sp³-hybridized carbons (Fsp3) is 0.0323. The predicted molar refractivity (Wildman–Crippen MR) is 291 cm³/mol. The summed E-state index contributed by atoms with van der Waals surface area (Å²) >= 11 is 0. The van der Waals surface area contributed by atoms with Crippen LogP contribution in [0.1, 0.15) is 5.56 Å². The van der Waals surface area contributed by atoms with Crippen LogP contribution in [-0.2, 0) is 0 Å². The second-order valence-electron chi connectivity index (χ2n) is 17.5. The maximum Gasteiger partial charge on any atom is 0.0541 e. The van der Waals surface area contributed by atoms with Gasteiger partial charge in [0.15, 0.2) is 0 Å². The number of hydrogen-bond donors (Lipinski definition) is 0. The van der Waals surface area contributed by atoms with Crippen LogP contribution in [-0.4, -0.2) is 19.6 Å². The van der Waals surface area contributed by atoms with Crippen LogP contribution in [0.25, 0.3) is 82.5 Å². The van der Waals surface area contributed by atoms with E-state index in [1.54, 1.807) is 0 Å². The van der Waals surface area contributed by atoms with E-state index in [4.69, 9.17) is 0 Å². The molecule has 0 amide bonds. The van der Waals surface area contributed by atoms with Gasteiger partial charge >= 0.3 is 0 Å². The van der Waals surface area contributed by atoms with Crippen LogP contribution in [0.3, 0.4) is 0 Å². The highest BCUT2D eigenvalue weighted by Crippen LogP contribution is 2.49. The molecule has 0 aliphatic rings. The molecule has 0 saturated heterocycles. The SMILES string of the molecule is Cc1ccc(P(CP(c2ccc(-n3c4ccccc4c4ccccc43)cc2)c2ccc(-n3c4ccccc4c4ccccc43)cc2)c2ccc(-n3c4ccccc4c4ccccc43)cc2)cc1. The lowest BCUT2D eigenvalue weighted by atomic mass is 10.2. The quantitative estimate of drug-likeness (QED) is 0.128. The molecule has 1 unspecified atom stereocenters. The van der Waals surface area contributed by atoms with Crippen LogP contribution in [0.4, 0.5) is 0 Å². The highest BCUT2D eigenvalue weighted by Gasteiger charge is 2.24. The molecule has 3 aromatic heterocycles. The molecule has 0 N–H and O–H groups in total. The largest absolute Gasteiger partial charge is 0.309 e. The van der Waals surface area contributed by atoms with Gasteiger partial charge < -0.3 is 13.7 Å². The van der Waals surface area contributed by atoms with Crippen LogP contribution in [0.5, 0.6) is 0 Å². The smallest absolute Gasteiger partial charge is 0.0541 e. The van der Waals surface area contributed by atoms with Crippen LogP contribution in [0.15, 0.2) is 243 Å². The third kappa shape index (κ3) is 6.73. The number of hydrogen-bond acceptors (Lipinski definition) is 0. The van der Waals surface area contributed by atoms with Crippen LogP contribution in [0, 0.1) is 6.92 Å². The first-order valence-corrected chi connectivity index (χ1v) is 26.1. The predicted octanol–water partition coefficient (Wildman–Crippen LogP) is 14.8. The van der Waals surface area contributed by atoms with Gasteiger partial charge in [-0.05, 0) is 117 Å². The molecule has 0 bridgehead atoms. The highest BCUT2D eigenvalue weighted by molar-refractivity contribution is 7.88. The number of aromatic nitrogens is 3. The monoisotopic (exact) mass is 893 g/mol. The van der Waals surface area contributed by atoms with Crippen LogP contribution in [0.2, 0.25) is 0 Å². The van der Waals surface area contributed by atoms with E-state index in [-0.39, 0.29) is 0 Å². The van der Waals surface area contributed by atoms with Gasteiger partial charge in [0, 0.05) is 55.3 Å². The summed E-state index contributed by atoms with van der Waals surface area (Å²) in [6.45, 7) is 2.19. The number of para-hydroxylation sites is 6. The van der Waals surface area contributed by atoms with E-state index in [1.807, 2.05) is 0 Å². The lowest BCUT2D eigenvalue weighted by Crippen LogP contribution is -2.20. The first kappa shape index (κ1) is 39.8. The standard InChI is InChI=1S/C62H45N3P2/c1-43-26-34-47(35-27-43)66(48-36-28-44(29-37-48)63-57-20-8-2-14-51(57)52-15-3-9-21-58(52)63)42-67(49-38-30-45(31-39-49)64-59-22-10-4-16-53(59)54-17-5-11-23-60(54)64)50-40-32-46(33-41-50)65-61-24-12-6-18-55(61)56-19-7-13-25-62(56)65/h2-41H,42H2,1H3. The van der Waals surface area contributed by atoms with Crippen LogP contribution < -0.4 is 21.2 Å². The van der Waals surface area contributed by atoms with Gasteiger partial charge in [0.25, 0.3) is 0 Å². The molecule has 13 aromatic rings. The summed E-state index contributed by atoms with van der Waals surface area (Å²) in [4.78, 5) is 0. The second-order valence-corrected chi connectivity index (χ2v) is 22.4. The summed E-state index contributed by atoms with van der Waals surface area (Å²) in [5.41, 5.74) is 12.2. The minimum absolute atomic E-state index is 0.762. The lowest BCUT2D eigenvalue weighted by molar-refractivity contribution is 1.18.